The molecule has 23 heavy (non-hydrogen) atoms. The van der Waals surface area contributed by atoms with Crippen molar-refractivity contribution in [2.24, 2.45) is 5.14 Å². The first-order valence-corrected chi connectivity index (χ1v) is 8.68. The van der Waals surface area contributed by atoms with Crippen LogP contribution in [0.15, 0.2) is 47.4 Å². The van der Waals surface area contributed by atoms with E-state index >= 15 is 0 Å². The van der Waals surface area contributed by atoms with Crippen LogP contribution in [0.3, 0.4) is 0 Å². The zero-order chi connectivity index (χ0) is 17.0. The van der Waals surface area contributed by atoms with E-state index in [2.05, 4.69) is 10.9 Å². The number of carbonyl (C=O) groups is 1. The summed E-state index contributed by atoms with van der Waals surface area (Å²) >= 11 is 11.7. The lowest BCUT2D eigenvalue weighted by molar-refractivity contribution is 0.0932. The van der Waals surface area contributed by atoms with E-state index in [-0.39, 0.29) is 20.5 Å². The van der Waals surface area contributed by atoms with Crippen molar-refractivity contribution < 1.29 is 13.2 Å². The Bertz CT molecular complexity index is 827. The topological polar surface area (TPSA) is 101 Å². The summed E-state index contributed by atoms with van der Waals surface area (Å²) in [5.74, 6) is -0.604. The molecule has 0 atom stereocenters. The van der Waals surface area contributed by atoms with Gasteiger partial charge < -0.3 is 0 Å². The summed E-state index contributed by atoms with van der Waals surface area (Å²) in [5, 5.41) is 4.92. The van der Waals surface area contributed by atoms with Gasteiger partial charge in [0.2, 0.25) is 10.0 Å². The molecule has 2 aromatic carbocycles. The fourth-order valence-corrected chi connectivity index (χ4v) is 3.22. The second-order valence-electron chi connectivity index (χ2n) is 4.60. The largest absolute Gasteiger partial charge is 0.287 e. The van der Waals surface area contributed by atoms with Gasteiger partial charge in [0.1, 0.15) is 4.90 Å². The van der Waals surface area contributed by atoms with Crippen LogP contribution in [0.25, 0.3) is 0 Å². The van der Waals surface area contributed by atoms with Gasteiger partial charge in [0.25, 0.3) is 5.91 Å². The standard InChI is InChI=1S/C14H13Cl2N3O3S/c15-11-7-12(16)13(23(17,21)22)6-10(11)14(20)19-18-8-9-4-2-1-3-5-9/h1-7,18H,8H2,(H,19,20)(H2,17,21,22). The number of hydrogen-bond acceptors (Lipinski definition) is 4. The third kappa shape index (κ3) is 4.66. The van der Waals surface area contributed by atoms with Gasteiger partial charge in [0, 0.05) is 6.54 Å². The van der Waals surface area contributed by atoms with Crippen molar-refractivity contribution >= 4 is 39.1 Å². The summed E-state index contributed by atoms with van der Waals surface area (Å²) in [5.41, 5.74) is 6.07. The first kappa shape index (κ1) is 17.7. The van der Waals surface area contributed by atoms with Crippen LogP contribution in [0.1, 0.15) is 15.9 Å². The molecule has 6 nitrogen and oxygen atoms in total. The predicted molar refractivity (Wildman–Crippen MR) is 88.6 cm³/mol. The number of halogens is 2. The minimum atomic E-state index is -4.06. The lowest BCUT2D eigenvalue weighted by Gasteiger charge is -2.10. The number of benzene rings is 2. The Morgan fingerprint density at radius 2 is 1.74 bits per heavy atom. The molecule has 0 aliphatic rings. The van der Waals surface area contributed by atoms with Crippen molar-refractivity contribution in [3.05, 3.63) is 63.6 Å². The summed E-state index contributed by atoms with van der Waals surface area (Å²) in [6.07, 6.45) is 0. The van der Waals surface area contributed by atoms with Gasteiger partial charge in [-0.25, -0.2) is 19.0 Å². The van der Waals surface area contributed by atoms with Crippen LogP contribution < -0.4 is 16.0 Å². The molecule has 2 rings (SSSR count). The number of nitrogens with one attached hydrogen (secondary N) is 2. The molecular formula is C14H13Cl2N3O3S. The molecule has 0 saturated carbocycles. The Balaban J connectivity index is 2.13. The van der Waals surface area contributed by atoms with Crippen molar-refractivity contribution in [2.75, 3.05) is 0 Å². The number of hydrazine groups is 1. The van der Waals surface area contributed by atoms with Crippen molar-refractivity contribution in [2.45, 2.75) is 11.4 Å². The third-order valence-electron chi connectivity index (χ3n) is 2.91. The molecule has 0 aliphatic carbocycles. The van der Waals surface area contributed by atoms with Crippen LogP contribution in [0, 0.1) is 0 Å². The number of carbonyl (C=O) groups excluding carboxylic acids is 1. The Kier molecular flexibility index (Phi) is 5.61. The molecule has 2 aromatic rings. The molecule has 0 bridgehead atoms. The molecule has 0 saturated heterocycles. The van der Waals surface area contributed by atoms with E-state index < -0.39 is 15.9 Å². The van der Waals surface area contributed by atoms with Crippen molar-refractivity contribution in [3.8, 4) is 0 Å². The van der Waals surface area contributed by atoms with Crippen LogP contribution in [0.4, 0.5) is 0 Å². The molecule has 0 fully saturated rings. The maximum atomic E-state index is 12.1. The zero-order valence-electron chi connectivity index (χ0n) is 11.7. The number of sulfonamides is 1. The van der Waals surface area contributed by atoms with Crippen LogP contribution in [0.2, 0.25) is 10.0 Å². The lowest BCUT2D eigenvalue weighted by Crippen LogP contribution is -2.37. The van der Waals surface area contributed by atoms with E-state index in [0.29, 0.717) is 6.54 Å². The minimum absolute atomic E-state index is 0.0152. The van der Waals surface area contributed by atoms with E-state index in [9.17, 15) is 13.2 Å². The average Bonchev–Trinajstić information content (AvgIpc) is 2.46. The Morgan fingerprint density at radius 1 is 1.09 bits per heavy atom. The highest BCUT2D eigenvalue weighted by atomic mass is 35.5. The van der Waals surface area contributed by atoms with E-state index in [1.807, 2.05) is 30.3 Å². The number of rotatable bonds is 5. The lowest BCUT2D eigenvalue weighted by atomic mass is 10.2. The number of hydrogen-bond donors (Lipinski definition) is 3. The van der Waals surface area contributed by atoms with Crippen LogP contribution in [0.5, 0.6) is 0 Å². The fourth-order valence-electron chi connectivity index (χ4n) is 1.81. The van der Waals surface area contributed by atoms with E-state index in [1.165, 1.54) is 0 Å². The quantitative estimate of drug-likeness (QED) is 0.698. The third-order valence-corrected chi connectivity index (χ3v) is 4.60. The van der Waals surface area contributed by atoms with Gasteiger partial charge in [0.15, 0.2) is 0 Å². The number of nitrogens with two attached hydrogens (primary N) is 1. The zero-order valence-corrected chi connectivity index (χ0v) is 14.0. The van der Waals surface area contributed by atoms with Gasteiger partial charge >= 0.3 is 0 Å². The van der Waals surface area contributed by atoms with Crippen LogP contribution in [-0.2, 0) is 16.6 Å². The molecule has 122 valence electrons. The van der Waals surface area contributed by atoms with Crippen molar-refractivity contribution in [1.82, 2.24) is 10.9 Å². The molecule has 0 aliphatic heterocycles. The highest BCUT2D eigenvalue weighted by molar-refractivity contribution is 7.89. The number of primary sulfonamides is 1. The van der Waals surface area contributed by atoms with Crippen LogP contribution >= 0.6 is 23.2 Å². The highest BCUT2D eigenvalue weighted by Gasteiger charge is 2.19. The Labute approximate surface area is 143 Å². The van der Waals surface area contributed by atoms with Crippen LogP contribution in [-0.4, -0.2) is 14.3 Å². The Morgan fingerprint density at radius 3 is 2.35 bits per heavy atom. The van der Waals surface area contributed by atoms with E-state index in [1.54, 1.807) is 0 Å². The monoisotopic (exact) mass is 373 g/mol. The molecule has 0 heterocycles. The fraction of sp³-hybridized carbons (Fsp3) is 0.0714. The first-order chi connectivity index (χ1) is 10.8. The van der Waals surface area contributed by atoms with Gasteiger partial charge in [-0.1, -0.05) is 53.5 Å². The Hall–Kier alpha value is -1.64. The maximum absolute atomic E-state index is 12.1. The van der Waals surface area contributed by atoms with Gasteiger partial charge in [-0.05, 0) is 17.7 Å². The van der Waals surface area contributed by atoms with Gasteiger partial charge in [-0.15, -0.1) is 0 Å². The molecule has 0 radical (unpaired) electrons. The smallest absolute Gasteiger partial charge is 0.266 e. The summed E-state index contributed by atoms with van der Waals surface area (Å²) in [4.78, 5) is 11.7. The van der Waals surface area contributed by atoms with E-state index in [0.717, 1.165) is 17.7 Å². The summed E-state index contributed by atoms with van der Waals surface area (Å²) in [7, 11) is -4.06. The summed E-state index contributed by atoms with van der Waals surface area (Å²) < 4.78 is 22.9. The predicted octanol–water partition coefficient (Wildman–Crippen LogP) is 2.08. The van der Waals surface area contributed by atoms with Crippen molar-refractivity contribution in [3.63, 3.8) is 0 Å². The molecule has 0 aromatic heterocycles. The highest BCUT2D eigenvalue weighted by Crippen LogP contribution is 2.27. The molecule has 1 amide bonds. The van der Waals surface area contributed by atoms with Gasteiger partial charge in [-0.2, -0.15) is 0 Å². The molecular weight excluding hydrogens is 361 g/mol. The average molecular weight is 374 g/mol. The molecule has 9 heteroatoms. The van der Waals surface area contributed by atoms with Gasteiger partial charge in [-0.3, -0.25) is 10.2 Å². The SMILES string of the molecule is NS(=O)(=O)c1cc(C(=O)NNCc2ccccc2)c(Cl)cc1Cl. The molecule has 0 spiro atoms. The second kappa shape index (κ2) is 7.29. The normalized spacial score (nSPS) is 11.3. The molecule has 0 unspecified atom stereocenters. The first-order valence-electron chi connectivity index (χ1n) is 6.38. The summed E-state index contributed by atoms with van der Waals surface area (Å²) in [6.45, 7) is 0.389. The maximum Gasteiger partial charge on any atom is 0.266 e. The second-order valence-corrected chi connectivity index (χ2v) is 6.95. The summed E-state index contributed by atoms with van der Waals surface area (Å²) in [6, 6.07) is 11.6. The van der Waals surface area contributed by atoms with Crippen molar-refractivity contribution in [1.29, 1.82) is 0 Å². The van der Waals surface area contributed by atoms with Gasteiger partial charge in [0.05, 0.1) is 15.6 Å². The van der Waals surface area contributed by atoms with E-state index in [4.69, 9.17) is 28.3 Å². The molecule has 4 N–H and O–H groups in total. The number of amides is 1. The minimum Gasteiger partial charge on any atom is -0.287 e.